The van der Waals surface area contributed by atoms with Crippen LogP contribution >= 0.6 is 15.9 Å². The van der Waals surface area contributed by atoms with Crippen molar-refractivity contribution >= 4 is 21.8 Å². The van der Waals surface area contributed by atoms with Crippen LogP contribution in [0.2, 0.25) is 0 Å². The Morgan fingerprint density at radius 2 is 1.81 bits per heavy atom. The van der Waals surface area contributed by atoms with Gasteiger partial charge in [-0.15, -0.1) is 0 Å². The highest BCUT2D eigenvalue weighted by Crippen LogP contribution is 2.26. The zero-order valence-corrected chi connectivity index (χ0v) is 16.4. The fraction of sp³-hybridized carbons (Fsp3) is 0.350. The van der Waals surface area contributed by atoms with Gasteiger partial charge in [0, 0.05) is 32.7 Å². The van der Waals surface area contributed by atoms with Crippen LogP contribution in [0.25, 0.3) is 0 Å². The van der Waals surface area contributed by atoms with Gasteiger partial charge in [-0.25, -0.2) is 0 Å². The van der Waals surface area contributed by atoms with Gasteiger partial charge in [-0.3, -0.25) is 9.69 Å². The smallest absolute Gasteiger partial charge is 0.260 e. The predicted molar refractivity (Wildman–Crippen MR) is 104 cm³/mol. The molecule has 3 rings (SSSR count). The molecule has 1 fully saturated rings. The number of methoxy groups -OCH3 is 1. The molecule has 2 aromatic carbocycles. The molecule has 0 bridgehead atoms. The van der Waals surface area contributed by atoms with Crippen LogP contribution in [0.4, 0.5) is 0 Å². The third-order valence-corrected chi connectivity index (χ3v) is 5.07. The van der Waals surface area contributed by atoms with Crippen molar-refractivity contribution in [2.45, 2.75) is 6.54 Å². The zero-order chi connectivity index (χ0) is 18.4. The van der Waals surface area contributed by atoms with E-state index in [9.17, 15) is 4.79 Å². The van der Waals surface area contributed by atoms with E-state index in [1.807, 2.05) is 41.3 Å². The highest BCUT2D eigenvalue weighted by molar-refractivity contribution is 9.10. The van der Waals surface area contributed by atoms with Crippen molar-refractivity contribution in [3.8, 4) is 11.5 Å². The zero-order valence-electron chi connectivity index (χ0n) is 14.9. The minimum atomic E-state index is 0.0423. The number of piperazine rings is 1. The number of halogens is 1. The van der Waals surface area contributed by atoms with E-state index in [0.717, 1.165) is 48.7 Å². The second kappa shape index (κ2) is 9.05. The number of para-hydroxylation sites is 1. The summed E-state index contributed by atoms with van der Waals surface area (Å²) in [5.41, 5.74) is 1.23. The average Bonchev–Trinajstić information content (AvgIpc) is 2.68. The molecular weight excluding hydrogens is 396 g/mol. The molecule has 0 N–H and O–H groups in total. The Balaban J connectivity index is 1.45. The van der Waals surface area contributed by atoms with Crippen LogP contribution in [0.15, 0.2) is 53.0 Å². The molecule has 0 saturated carbocycles. The number of carbonyl (C=O) groups excluding carboxylic acids is 1. The first-order chi connectivity index (χ1) is 12.7. The molecule has 1 amide bonds. The maximum atomic E-state index is 12.3. The number of ether oxygens (including phenoxy) is 2. The van der Waals surface area contributed by atoms with Crippen molar-refractivity contribution in [1.82, 2.24) is 9.80 Å². The van der Waals surface area contributed by atoms with E-state index >= 15 is 0 Å². The summed E-state index contributed by atoms with van der Waals surface area (Å²) in [6.07, 6.45) is 0. The van der Waals surface area contributed by atoms with Gasteiger partial charge in [0.25, 0.3) is 5.91 Å². The molecule has 1 heterocycles. The normalized spacial score (nSPS) is 14.9. The highest BCUT2D eigenvalue weighted by Gasteiger charge is 2.21. The molecule has 1 aliphatic rings. The summed E-state index contributed by atoms with van der Waals surface area (Å²) < 4.78 is 11.8. The summed E-state index contributed by atoms with van der Waals surface area (Å²) >= 11 is 3.53. The van der Waals surface area contributed by atoms with E-state index in [1.54, 1.807) is 7.11 Å². The molecule has 0 aliphatic carbocycles. The molecule has 0 spiro atoms. The number of benzene rings is 2. The van der Waals surface area contributed by atoms with Crippen molar-refractivity contribution in [3.05, 3.63) is 58.6 Å². The van der Waals surface area contributed by atoms with Crippen molar-refractivity contribution in [2.24, 2.45) is 0 Å². The number of carbonyl (C=O) groups is 1. The summed E-state index contributed by atoms with van der Waals surface area (Å²) in [4.78, 5) is 16.5. The lowest BCUT2D eigenvalue weighted by Gasteiger charge is -2.34. The second-order valence-corrected chi connectivity index (χ2v) is 7.08. The minimum Gasteiger partial charge on any atom is -0.496 e. The van der Waals surface area contributed by atoms with E-state index in [-0.39, 0.29) is 12.5 Å². The third kappa shape index (κ3) is 4.99. The monoisotopic (exact) mass is 418 g/mol. The Morgan fingerprint density at radius 1 is 1.08 bits per heavy atom. The minimum absolute atomic E-state index is 0.0423. The van der Waals surface area contributed by atoms with Gasteiger partial charge < -0.3 is 14.4 Å². The van der Waals surface area contributed by atoms with E-state index in [2.05, 4.69) is 33.0 Å². The molecule has 1 saturated heterocycles. The van der Waals surface area contributed by atoms with Gasteiger partial charge in [-0.2, -0.15) is 0 Å². The number of hydrogen-bond donors (Lipinski definition) is 0. The first-order valence-corrected chi connectivity index (χ1v) is 9.45. The van der Waals surface area contributed by atoms with E-state index in [0.29, 0.717) is 0 Å². The highest BCUT2D eigenvalue weighted by atomic mass is 79.9. The Bertz CT molecular complexity index is 731. The molecule has 6 heteroatoms. The van der Waals surface area contributed by atoms with E-state index in [4.69, 9.17) is 9.47 Å². The van der Waals surface area contributed by atoms with Crippen LogP contribution in [0, 0.1) is 0 Å². The van der Waals surface area contributed by atoms with Crippen LogP contribution in [-0.4, -0.2) is 55.6 Å². The largest absolute Gasteiger partial charge is 0.496 e. The SMILES string of the molecule is COc1ccc(CN2CCN(C(=O)COc3ccccc3)CC2)cc1Br. The topological polar surface area (TPSA) is 42.0 Å². The van der Waals surface area contributed by atoms with Crippen molar-refractivity contribution in [1.29, 1.82) is 0 Å². The Hall–Kier alpha value is -2.05. The molecule has 0 atom stereocenters. The second-order valence-electron chi connectivity index (χ2n) is 6.23. The molecule has 2 aromatic rings. The lowest BCUT2D eigenvalue weighted by Crippen LogP contribution is -2.49. The van der Waals surface area contributed by atoms with E-state index < -0.39 is 0 Å². The van der Waals surface area contributed by atoms with Gasteiger partial charge in [0.15, 0.2) is 6.61 Å². The molecule has 0 unspecified atom stereocenters. The van der Waals surface area contributed by atoms with Gasteiger partial charge >= 0.3 is 0 Å². The Morgan fingerprint density at radius 3 is 2.46 bits per heavy atom. The molecule has 26 heavy (non-hydrogen) atoms. The predicted octanol–water partition coefficient (Wildman–Crippen LogP) is 3.18. The molecular formula is C20H23BrN2O3. The molecule has 5 nitrogen and oxygen atoms in total. The van der Waals surface area contributed by atoms with Crippen molar-refractivity contribution in [2.75, 3.05) is 39.9 Å². The average molecular weight is 419 g/mol. The molecule has 0 aromatic heterocycles. The first-order valence-electron chi connectivity index (χ1n) is 8.66. The van der Waals surface area contributed by atoms with Crippen LogP contribution in [0.3, 0.4) is 0 Å². The molecule has 0 radical (unpaired) electrons. The lowest BCUT2D eigenvalue weighted by atomic mass is 10.2. The number of rotatable bonds is 6. The summed E-state index contributed by atoms with van der Waals surface area (Å²) in [7, 11) is 1.66. The van der Waals surface area contributed by atoms with E-state index in [1.165, 1.54) is 5.56 Å². The quantitative estimate of drug-likeness (QED) is 0.722. The van der Waals surface area contributed by atoms with Gasteiger partial charge in [-0.1, -0.05) is 24.3 Å². The first kappa shape index (κ1) is 18.7. The van der Waals surface area contributed by atoms with Crippen LogP contribution < -0.4 is 9.47 Å². The fourth-order valence-corrected chi connectivity index (χ4v) is 3.56. The van der Waals surface area contributed by atoms with Crippen molar-refractivity contribution < 1.29 is 14.3 Å². The van der Waals surface area contributed by atoms with Crippen molar-refractivity contribution in [3.63, 3.8) is 0 Å². The summed E-state index contributed by atoms with van der Waals surface area (Å²) in [5.74, 6) is 1.60. The van der Waals surface area contributed by atoms with Crippen LogP contribution in [-0.2, 0) is 11.3 Å². The van der Waals surface area contributed by atoms with Gasteiger partial charge in [0.1, 0.15) is 11.5 Å². The fourth-order valence-electron chi connectivity index (χ4n) is 2.97. The number of amides is 1. The van der Waals surface area contributed by atoms with Crippen LogP contribution in [0.1, 0.15) is 5.56 Å². The van der Waals surface area contributed by atoms with Crippen LogP contribution in [0.5, 0.6) is 11.5 Å². The number of nitrogens with zero attached hydrogens (tertiary/aromatic N) is 2. The van der Waals surface area contributed by atoms with Gasteiger partial charge in [-0.05, 0) is 45.8 Å². The Kier molecular flexibility index (Phi) is 6.52. The number of hydrogen-bond acceptors (Lipinski definition) is 4. The summed E-state index contributed by atoms with van der Waals surface area (Å²) in [6, 6.07) is 15.6. The third-order valence-electron chi connectivity index (χ3n) is 4.45. The summed E-state index contributed by atoms with van der Waals surface area (Å²) in [5, 5.41) is 0. The maximum Gasteiger partial charge on any atom is 0.260 e. The summed E-state index contributed by atoms with van der Waals surface area (Å²) in [6.45, 7) is 4.14. The Labute approximate surface area is 162 Å². The lowest BCUT2D eigenvalue weighted by molar-refractivity contribution is -0.135. The molecule has 1 aliphatic heterocycles. The van der Waals surface area contributed by atoms with Gasteiger partial charge in [0.05, 0.1) is 11.6 Å². The maximum absolute atomic E-state index is 12.3. The van der Waals surface area contributed by atoms with Gasteiger partial charge in [0.2, 0.25) is 0 Å². The standard InChI is InChI=1S/C20H23BrN2O3/c1-25-19-8-7-16(13-18(19)21)14-22-9-11-23(12-10-22)20(24)15-26-17-5-3-2-4-6-17/h2-8,13H,9-12,14-15H2,1H3. The molecule has 138 valence electrons.